The Labute approximate surface area is 134 Å². The van der Waals surface area contributed by atoms with Crippen LogP contribution in [0.4, 0.5) is 0 Å². The summed E-state index contributed by atoms with van der Waals surface area (Å²) in [5, 5.41) is 12.8. The third kappa shape index (κ3) is 3.27. The predicted octanol–water partition coefficient (Wildman–Crippen LogP) is 2.25. The lowest BCUT2D eigenvalue weighted by molar-refractivity contribution is -0.134. The maximum Gasteiger partial charge on any atom is 0.246 e. The van der Waals surface area contributed by atoms with Gasteiger partial charge in [-0.1, -0.05) is 30.7 Å². The van der Waals surface area contributed by atoms with Crippen LogP contribution in [0, 0.1) is 5.92 Å². The van der Waals surface area contributed by atoms with E-state index in [2.05, 4.69) is 22.3 Å². The highest BCUT2D eigenvalue weighted by molar-refractivity contribution is 6.33. The van der Waals surface area contributed by atoms with Gasteiger partial charge in [0.25, 0.3) is 0 Å². The highest BCUT2D eigenvalue weighted by atomic mass is 35.5. The molecule has 1 aliphatic heterocycles. The summed E-state index contributed by atoms with van der Waals surface area (Å²) in [5.41, 5.74) is 0.717. The largest absolute Gasteiger partial charge is 0.341 e. The Morgan fingerprint density at radius 1 is 1.41 bits per heavy atom. The molecule has 2 heterocycles. The van der Waals surface area contributed by atoms with Gasteiger partial charge in [0, 0.05) is 18.7 Å². The number of aromatic nitrogens is 4. The molecule has 0 radical (unpaired) electrons. The molecule has 22 heavy (non-hydrogen) atoms. The van der Waals surface area contributed by atoms with Crippen LogP contribution in [0.15, 0.2) is 24.3 Å². The van der Waals surface area contributed by atoms with Crippen molar-refractivity contribution in [2.75, 3.05) is 13.1 Å². The number of likely N-dealkylation sites (tertiary alicyclic amines) is 1. The van der Waals surface area contributed by atoms with E-state index in [9.17, 15) is 4.79 Å². The van der Waals surface area contributed by atoms with E-state index in [1.54, 1.807) is 6.07 Å². The number of benzene rings is 1. The molecule has 1 saturated heterocycles. The smallest absolute Gasteiger partial charge is 0.246 e. The number of hydrogen-bond donors (Lipinski definition) is 0. The third-order valence-electron chi connectivity index (χ3n) is 3.85. The van der Waals surface area contributed by atoms with Crippen LogP contribution in [0.3, 0.4) is 0 Å². The third-order valence-corrected chi connectivity index (χ3v) is 4.18. The predicted molar refractivity (Wildman–Crippen MR) is 83.2 cm³/mol. The maximum atomic E-state index is 12.3. The monoisotopic (exact) mass is 319 g/mol. The van der Waals surface area contributed by atoms with Gasteiger partial charge in [-0.15, -0.1) is 10.2 Å². The first-order chi connectivity index (χ1) is 10.6. The molecule has 0 aliphatic carbocycles. The van der Waals surface area contributed by atoms with E-state index in [-0.39, 0.29) is 12.5 Å². The van der Waals surface area contributed by atoms with Crippen molar-refractivity contribution in [1.29, 1.82) is 0 Å². The molecular formula is C15H18ClN5O. The highest BCUT2D eigenvalue weighted by Crippen LogP contribution is 2.23. The van der Waals surface area contributed by atoms with Gasteiger partial charge in [-0.2, -0.15) is 4.80 Å². The van der Waals surface area contributed by atoms with Gasteiger partial charge in [-0.25, -0.2) is 0 Å². The van der Waals surface area contributed by atoms with Gasteiger partial charge in [0.15, 0.2) is 0 Å². The first-order valence-electron chi connectivity index (χ1n) is 7.44. The standard InChI is InChI=1S/C15H18ClN5O/c1-11-5-4-8-20(9-11)14(22)10-21-18-15(17-19-21)12-6-2-3-7-13(12)16/h2-3,6-7,11H,4-5,8-10H2,1H3/t11-/m1/s1. The molecule has 1 aromatic carbocycles. The fourth-order valence-corrected chi connectivity index (χ4v) is 2.92. The molecule has 0 spiro atoms. The number of nitrogens with zero attached hydrogens (tertiary/aromatic N) is 5. The van der Waals surface area contributed by atoms with Gasteiger partial charge in [0.05, 0.1) is 5.02 Å². The molecule has 0 unspecified atom stereocenters. The van der Waals surface area contributed by atoms with Crippen LogP contribution >= 0.6 is 11.6 Å². The van der Waals surface area contributed by atoms with E-state index in [0.717, 1.165) is 25.1 Å². The lowest BCUT2D eigenvalue weighted by atomic mass is 10.0. The van der Waals surface area contributed by atoms with Crippen molar-refractivity contribution >= 4 is 17.5 Å². The number of halogens is 1. The van der Waals surface area contributed by atoms with Crippen molar-refractivity contribution < 1.29 is 4.79 Å². The molecule has 3 rings (SSSR count). The second-order valence-electron chi connectivity index (χ2n) is 5.71. The molecular weight excluding hydrogens is 302 g/mol. The molecule has 1 atom stereocenters. The molecule has 1 amide bonds. The molecule has 1 aliphatic rings. The van der Waals surface area contributed by atoms with Crippen molar-refractivity contribution in [3.63, 3.8) is 0 Å². The average molecular weight is 320 g/mol. The average Bonchev–Trinajstić information content (AvgIpc) is 2.96. The minimum Gasteiger partial charge on any atom is -0.341 e. The fourth-order valence-electron chi connectivity index (χ4n) is 2.70. The number of carbonyl (C=O) groups excluding carboxylic acids is 1. The van der Waals surface area contributed by atoms with Crippen LogP contribution in [0.2, 0.25) is 5.02 Å². The Hall–Kier alpha value is -1.95. The Kier molecular flexibility index (Phi) is 4.38. The summed E-state index contributed by atoms with van der Waals surface area (Å²) in [5.74, 6) is 1.03. The first-order valence-corrected chi connectivity index (χ1v) is 7.82. The molecule has 6 nitrogen and oxygen atoms in total. The highest BCUT2D eigenvalue weighted by Gasteiger charge is 2.22. The topological polar surface area (TPSA) is 63.9 Å². The SMILES string of the molecule is C[C@@H]1CCCN(C(=O)Cn2nnc(-c3ccccc3Cl)n2)C1. The minimum absolute atomic E-state index is 0.0367. The van der Waals surface area contributed by atoms with Crippen molar-refractivity contribution in [2.24, 2.45) is 5.92 Å². The molecule has 2 aromatic rings. The molecule has 0 bridgehead atoms. The van der Waals surface area contributed by atoms with Crippen molar-refractivity contribution in [1.82, 2.24) is 25.1 Å². The summed E-state index contributed by atoms with van der Waals surface area (Å²) in [7, 11) is 0. The summed E-state index contributed by atoms with van der Waals surface area (Å²) in [6.45, 7) is 3.91. The quantitative estimate of drug-likeness (QED) is 0.870. The molecule has 1 aromatic heterocycles. The lowest BCUT2D eigenvalue weighted by Gasteiger charge is -2.30. The van der Waals surface area contributed by atoms with Crippen LogP contribution in [-0.4, -0.2) is 44.1 Å². The van der Waals surface area contributed by atoms with Crippen LogP contribution in [0.25, 0.3) is 11.4 Å². The zero-order chi connectivity index (χ0) is 15.5. The lowest BCUT2D eigenvalue weighted by Crippen LogP contribution is -2.41. The molecule has 1 fully saturated rings. The molecule has 0 saturated carbocycles. The van der Waals surface area contributed by atoms with Gasteiger partial charge >= 0.3 is 0 Å². The zero-order valence-electron chi connectivity index (χ0n) is 12.4. The summed E-state index contributed by atoms with van der Waals surface area (Å²) in [4.78, 5) is 15.5. The number of tetrazole rings is 1. The molecule has 0 N–H and O–H groups in total. The van der Waals surface area contributed by atoms with Crippen LogP contribution < -0.4 is 0 Å². The number of carbonyl (C=O) groups is 1. The normalized spacial score (nSPS) is 18.5. The Balaban J connectivity index is 1.69. The summed E-state index contributed by atoms with van der Waals surface area (Å²) >= 11 is 6.12. The Morgan fingerprint density at radius 3 is 3.00 bits per heavy atom. The summed E-state index contributed by atoms with van der Waals surface area (Å²) in [6, 6.07) is 7.31. The fraction of sp³-hybridized carbons (Fsp3) is 0.467. The number of rotatable bonds is 3. The van der Waals surface area contributed by atoms with E-state index in [4.69, 9.17) is 11.6 Å². The van der Waals surface area contributed by atoms with Gasteiger partial charge < -0.3 is 4.90 Å². The Bertz CT molecular complexity index is 671. The minimum atomic E-state index is 0.0367. The molecule has 7 heteroatoms. The Morgan fingerprint density at radius 2 is 2.23 bits per heavy atom. The maximum absolute atomic E-state index is 12.3. The number of piperidine rings is 1. The van der Waals surface area contributed by atoms with Crippen molar-refractivity contribution in [2.45, 2.75) is 26.3 Å². The number of amides is 1. The van der Waals surface area contributed by atoms with Crippen LogP contribution in [0.1, 0.15) is 19.8 Å². The zero-order valence-corrected chi connectivity index (χ0v) is 13.2. The van der Waals surface area contributed by atoms with Crippen molar-refractivity contribution in [3.8, 4) is 11.4 Å². The first kappa shape index (κ1) is 15.0. The van der Waals surface area contributed by atoms with E-state index < -0.39 is 0 Å². The second-order valence-corrected chi connectivity index (χ2v) is 6.12. The van der Waals surface area contributed by atoms with Crippen molar-refractivity contribution in [3.05, 3.63) is 29.3 Å². The van der Waals surface area contributed by atoms with E-state index in [0.29, 0.717) is 16.8 Å². The van der Waals surface area contributed by atoms with Crippen LogP contribution in [-0.2, 0) is 11.3 Å². The van der Waals surface area contributed by atoms with E-state index in [1.165, 1.54) is 11.2 Å². The van der Waals surface area contributed by atoms with Gasteiger partial charge in [-0.05, 0) is 36.1 Å². The second kappa shape index (κ2) is 6.44. The van der Waals surface area contributed by atoms with Gasteiger partial charge in [-0.3, -0.25) is 4.79 Å². The summed E-state index contributed by atoms with van der Waals surface area (Å²) < 4.78 is 0. The molecule has 116 valence electrons. The summed E-state index contributed by atoms with van der Waals surface area (Å²) in [6.07, 6.45) is 2.24. The van der Waals surface area contributed by atoms with Gasteiger partial charge in [0.1, 0.15) is 6.54 Å². The van der Waals surface area contributed by atoms with E-state index in [1.807, 2.05) is 23.1 Å². The van der Waals surface area contributed by atoms with E-state index >= 15 is 0 Å². The van der Waals surface area contributed by atoms with Gasteiger partial charge in [0.2, 0.25) is 11.7 Å². The number of hydrogen-bond acceptors (Lipinski definition) is 4. The van der Waals surface area contributed by atoms with Crippen LogP contribution in [0.5, 0.6) is 0 Å².